The van der Waals surface area contributed by atoms with Gasteiger partial charge in [0.1, 0.15) is 0 Å². The SMILES string of the molecule is CCc1noc([C@H]2CCCN(S(=O)(=O)c3ccccc3)C2)n1. The van der Waals surface area contributed by atoms with Gasteiger partial charge in [-0.2, -0.15) is 9.29 Å². The van der Waals surface area contributed by atoms with Gasteiger partial charge in [0.05, 0.1) is 10.8 Å². The first-order chi connectivity index (χ1) is 10.6. The Balaban J connectivity index is 1.81. The summed E-state index contributed by atoms with van der Waals surface area (Å²) in [5, 5.41) is 3.90. The highest BCUT2D eigenvalue weighted by atomic mass is 32.2. The monoisotopic (exact) mass is 321 g/mol. The molecule has 1 saturated heterocycles. The third kappa shape index (κ3) is 2.91. The summed E-state index contributed by atoms with van der Waals surface area (Å²) in [6.07, 6.45) is 2.37. The smallest absolute Gasteiger partial charge is 0.243 e. The molecular weight excluding hydrogens is 302 g/mol. The van der Waals surface area contributed by atoms with Gasteiger partial charge >= 0.3 is 0 Å². The van der Waals surface area contributed by atoms with Crippen molar-refractivity contribution in [1.29, 1.82) is 0 Å². The van der Waals surface area contributed by atoms with E-state index >= 15 is 0 Å². The molecule has 1 atom stereocenters. The number of aromatic nitrogens is 2. The molecule has 1 aromatic heterocycles. The fourth-order valence-electron chi connectivity index (χ4n) is 2.68. The molecule has 1 aliphatic heterocycles. The third-order valence-corrected chi connectivity index (χ3v) is 5.79. The standard InChI is InChI=1S/C15H19N3O3S/c1-2-14-16-15(21-17-14)12-7-6-10-18(11-12)22(19,20)13-8-4-3-5-9-13/h3-5,8-9,12H,2,6-7,10-11H2,1H3/t12-/m0/s1. The van der Waals surface area contributed by atoms with E-state index in [4.69, 9.17) is 4.52 Å². The minimum Gasteiger partial charge on any atom is -0.339 e. The molecule has 7 heteroatoms. The van der Waals surface area contributed by atoms with Crippen LogP contribution in [0, 0.1) is 0 Å². The number of hydrogen-bond donors (Lipinski definition) is 0. The molecule has 0 radical (unpaired) electrons. The largest absolute Gasteiger partial charge is 0.339 e. The topological polar surface area (TPSA) is 76.3 Å². The number of rotatable bonds is 4. The average Bonchev–Trinajstić information content (AvgIpc) is 3.05. The minimum atomic E-state index is -3.46. The van der Waals surface area contributed by atoms with E-state index in [1.807, 2.05) is 13.0 Å². The Morgan fingerprint density at radius 2 is 2.09 bits per heavy atom. The van der Waals surface area contributed by atoms with Crippen molar-refractivity contribution < 1.29 is 12.9 Å². The van der Waals surface area contributed by atoms with E-state index in [-0.39, 0.29) is 5.92 Å². The lowest BCUT2D eigenvalue weighted by molar-refractivity contribution is 0.265. The summed E-state index contributed by atoms with van der Waals surface area (Å²) in [4.78, 5) is 4.67. The first-order valence-electron chi connectivity index (χ1n) is 7.49. The van der Waals surface area contributed by atoms with Crippen molar-refractivity contribution in [2.24, 2.45) is 0 Å². The predicted molar refractivity (Wildman–Crippen MR) is 80.9 cm³/mol. The van der Waals surface area contributed by atoms with Gasteiger partial charge in [0.2, 0.25) is 15.9 Å². The molecule has 6 nitrogen and oxygen atoms in total. The normalized spacial score (nSPS) is 20.1. The Morgan fingerprint density at radius 1 is 1.32 bits per heavy atom. The first kappa shape index (κ1) is 15.2. The lowest BCUT2D eigenvalue weighted by atomic mass is 10.00. The minimum absolute atomic E-state index is 0.0277. The zero-order chi connectivity index (χ0) is 15.6. The molecule has 0 unspecified atom stereocenters. The summed E-state index contributed by atoms with van der Waals surface area (Å²) < 4.78 is 32.2. The molecule has 0 amide bonds. The van der Waals surface area contributed by atoms with Crippen LogP contribution in [-0.2, 0) is 16.4 Å². The van der Waals surface area contributed by atoms with Gasteiger partial charge in [-0.15, -0.1) is 0 Å². The maximum Gasteiger partial charge on any atom is 0.243 e. The van der Waals surface area contributed by atoms with E-state index in [1.165, 1.54) is 4.31 Å². The molecule has 22 heavy (non-hydrogen) atoms. The Morgan fingerprint density at radius 3 is 2.77 bits per heavy atom. The van der Waals surface area contributed by atoms with Crippen LogP contribution in [0.4, 0.5) is 0 Å². The first-order valence-corrected chi connectivity index (χ1v) is 8.93. The number of benzene rings is 1. The van der Waals surface area contributed by atoms with Gasteiger partial charge in [-0.25, -0.2) is 8.42 Å². The summed E-state index contributed by atoms with van der Waals surface area (Å²) >= 11 is 0. The number of piperidine rings is 1. The van der Waals surface area contributed by atoms with E-state index in [0.717, 1.165) is 12.8 Å². The highest BCUT2D eigenvalue weighted by Crippen LogP contribution is 2.29. The molecule has 1 aliphatic rings. The highest BCUT2D eigenvalue weighted by Gasteiger charge is 2.33. The van der Waals surface area contributed by atoms with Gasteiger partial charge in [-0.3, -0.25) is 0 Å². The molecule has 1 fully saturated rings. The second-order valence-electron chi connectivity index (χ2n) is 5.42. The molecular formula is C15H19N3O3S. The lowest BCUT2D eigenvalue weighted by Crippen LogP contribution is -2.39. The summed E-state index contributed by atoms with van der Waals surface area (Å²) in [5.74, 6) is 1.18. The highest BCUT2D eigenvalue weighted by molar-refractivity contribution is 7.89. The molecule has 0 spiro atoms. The van der Waals surface area contributed by atoms with Crippen LogP contribution >= 0.6 is 0 Å². The Labute approximate surface area is 130 Å². The van der Waals surface area contributed by atoms with Crippen molar-refractivity contribution in [2.75, 3.05) is 13.1 Å². The second-order valence-corrected chi connectivity index (χ2v) is 7.36. The van der Waals surface area contributed by atoms with Crippen LogP contribution in [0.3, 0.4) is 0 Å². The molecule has 118 valence electrons. The van der Waals surface area contributed by atoms with Crippen molar-refractivity contribution in [3.8, 4) is 0 Å². The number of aryl methyl sites for hydroxylation is 1. The van der Waals surface area contributed by atoms with E-state index in [2.05, 4.69) is 10.1 Å². The molecule has 0 saturated carbocycles. The van der Waals surface area contributed by atoms with Gasteiger partial charge in [-0.1, -0.05) is 30.3 Å². The quantitative estimate of drug-likeness (QED) is 0.863. The van der Waals surface area contributed by atoms with E-state index < -0.39 is 10.0 Å². The maximum absolute atomic E-state index is 12.7. The van der Waals surface area contributed by atoms with Crippen molar-refractivity contribution in [1.82, 2.24) is 14.4 Å². The van der Waals surface area contributed by atoms with Crippen LogP contribution < -0.4 is 0 Å². The summed E-state index contributed by atoms with van der Waals surface area (Å²) in [5.41, 5.74) is 0. The fraction of sp³-hybridized carbons (Fsp3) is 0.467. The van der Waals surface area contributed by atoms with Gasteiger partial charge in [0.25, 0.3) is 0 Å². The summed E-state index contributed by atoms with van der Waals surface area (Å²) in [6.45, 7) is 2.88. The van der Waals surface area contributed by atoms with Crippen molar-refractivity contribution >= 4 is 10.0 Å². The number of hydrogen-bond acceptors (Lipinski definition) is 5. The van der Waals surface area contributed by atoms with Gasteiger partial charge < -0.3 is 4.52 Å². The number of sulfonamides is 1. The van der Waals surface area contributed by atoms with Crippen molar-refractivity contribution in [3.05, 3.63) is 42.0 Å². The molecule has 0 N–H and O–H groups in total. The van der Waals surface area contributed by atoms with Crippen LogP contribution in [0.5, 0.6) is 0 Å². The fourth-order valence-corrected chi connectivity index (χ4v) is 4.23. The van der Waals surface area contributed by atoms with Crippen molar-refractivity contribution in [2.45, 2.75) is 37.0 Å². The predicted octanol–water partition coefficient (Wildman–Crippen LogP) is 2.20. The Hall–Kier alpha value is -1.73. The molecule has 2 heterocycles. The summed E-state index contributed by atoms with van der Waals surface area (Å²) in [6, 6.07) is 8.53. The van der Waals surface area contributed by atoms with E-state index in [1.54, 1.807) is 24.3 Å². The van der Waals surface area contributed by atoms with Gasteiger partial charge in [-0.05, 0) is 25.0 Å². The average molecular weight is 321 g/mol. The van der Waals surface area contributed by atoms with Crippen LogP contribution in [0.2, 0.25) is 0 Å². The second kappa shape index (κ2) is 6.18. The summed E-state index contributed by atoms with van der Waals surface area (Å²) in [7, 11) is -3.46. The zero-order valence-corrected chi connectivity index (χ0v) is 13.3. The van der Waals surface area contributed by atoms with Crippen LogP contribution in [0.15, 0.2) is 39.8 Å². The lowest BCUT2D eigenvalue weighted by Gasteiger charge is -2.30. The van der Waals surface area contributed by atoms with Gasteiger partial charge in [0, 0.05) is 19.5 Å². The van der Waals surface area contributed by atoms with Crippen molar-refractivity contribution in [3.63, 3.8) is 0 Å². The molecule has 0 bridgehead atoms. The Kier molecular flexibility index (Phi) is 4.26. The molecule has 3 rings (SSSR count). The van der Waals surface area contributed by atoms with E-state index in [9.17, 15) is 8.42 Å². The van der Waals surface area contributed by atoms with Gasteiger partial charge in [0.15, 0.2) is 5.82 Å². The van der Waals surface area contributed by atoms with Crippen LogP contribution in [-0.4, -0.2) is 36.0 Å². The molecule has 1 aromatic carbocycles. The molecule has 0 aliphatic carbocycles. The van der Waals surface area contributed by atoms with Crippen LogP contribution in [0.1, 0.15) is 37.4 Å². The number of nitrogens with zero attached hydrogens (tertiary/aromatic N) is 3. The zero-order valence-electron chi connectivity index (χ0n) is 12.5. The maximum atomic E-state index is 12.7. The van der Waals surface area contributed by atoms with E-state index in [0.29, 0.717) is 36.1 Å². The molecule has 2 aromatic rings. The Bertz CT molecular complexity index is 728. The van der Waals surface area contributed by atoms with Crippen LogP contribution in [0.25, 0.3) is 0 Å². The third-order valence-electron chi connectivity index (χ3n) is 3.91.